The maximum atomic E-state index is 12.1. The Morgan fingerprint density at radius 3 is 2.57 bits per heavy atom. The van der Waals surface area contributed by atoms with E-state index in [1.165, 1.54) is 6.42 Å². The number of rotatable bonds is 7. The van der Waals surface area contributed by atoms with E-state index in [1.807, 2.05) is 25.9 Å². The first-order chi connectivity index (χ1) is 10.9. The van der Waals surface area contributed by atoms with Gasteiger partial charge in [-0.3, -0.25) is 4.72 Å². The number of unbranched alkanes of at least 4 members (excludes halogenated alkanes) is 1. The summed E-state index contributed by atoms with van der Waals surface area (Å²) in [6, 6.07) is 0. The van der Waals surface area contributed by atoms with E-state index in [0.29, 0.717) is 23.9 Å². The number of hydrogen-bond acceptors (Lipinski definition) is 6. The minimum Gasteiger partial charge on any atom is -0.361 e. The topological polar surface area (TPSA) is 78.4 Å². The second-order valence-electron chi connectivity index (χ2n) is 6.12. The summed E-state index contributed by atoms with van der Waals surface area (Å²) < 4.78 is 26.9. The summed E-state index contributed by atoms with van der Waals surface area (Å²) in [7, 11) is 0.346. The van der Waals surface area contributed by atoms with E-state index in [1.54, 1.807) is 6.20 Å². The highest BCUT2D eigenvalue weighted by Gasteiger charge is 2.19. The van der Waals surface area contributed by atoms with Gasteiger partial charge in [0, 0.05) is 27.2 Å². The van der Waals surface area contributed by atoms with Crippen LogP contribution >= 0.6 is 0 Å². The van der Waals surface area contributed by atoms with E-state index in [9.17, 15) is 8.42 Å². The summed E-state index contributed by atoms with van der Waals surface area (Å²) in [5.41, 5.74) is 0.437. The molecule has 1 aromatic rings. The van der Waals surface area contributed by atoms with Crippen LogP contribution in [0.15, 0.2) is 6.20 Å². The Labute approximate surface area is 139 Å². The number of anilines is 3. The highest BCUT2D eigenvalue weighted by atomic mass is 32.2. The number of aromatic nitrogens is 2. The van der Waals surface area contributed by atoms with Crippen molar-refractivity contribution in [2.75, 3.05) is 47.5 Å². The van der Waals surface area contributed by atoms with Crippen LogP contribution in [0, 0.1) is 0 Å². The highest BCUT2D eigenvalue weighted by Crippen LogP contribution is 2.26. The molecule has 0 aliphatic carbocycles. The molecule has 0 unspecified atom stereocenters. The normalized spacial score (nSPS) is 15.5. The minimum atomic E-state index is -3.36. The first-order valence-corrected chi connectivity index (χ1v) is 9.88. The van der Waals surface area contributed by atoms with Crippen molar-refractivity contribution in [2.45, 2.75) is 39.0 Å². The molecular formula is C15H27N5O2S. The lowest BCUT2D eigenvalue weighted by Gasteiger charge is -2.28. The second-order valence-corrected chi connectivity index (χ2v) is 7.97. The first-order valence-electron chi connectivity index (χ1n) is 8.23. The smallest absolute Gasteiger partial charge is 0.232 e. The van der Waals surface area contributed by atoms with Crippen LogP contribution in [0.3, 0.4) is 0 Å². The van der Waals surface area contributed by atoms with E-state index in [-0.39, 0.29) is 5.75 Å². The number of sulfonamides is 1. The third kappa shape index (κ3) is 4.95. The summed E-state index contributed by atoms with van der Waals surface area (Å²) in [5, 5.41) is 0. The molecule has 0 aromatic carbocycles. The standard InChI is InChI=1S/C15H27N5O2S/c1-4-5-11-23(21,22)18-13-12-16-15(17-14(13)19(2)3)20-9-7-6-8-10-20/h12,18H,4-11H2,1-3H3. The van der Waals surface area contributed by atoms with Crippen LogP contribution in [0.1, 0.15) is 39.0 Å². The molecule has 1 aliphatic rings. The molecule has 1 N–H and O–H groups in total. The van der Waals surface area contributed by atoms with Gasteiger partial charge in [0.05, 0.1) is 11.9 Å². The van der Waals surface area contributed by atoms with Crippen molar-refractivity contribution in [3.8, 4) is 0 Å². The molecule has 1 fully saturated rings. The Morgan fingerprint density at radius 1 is 1.26 bits per heavy atom. The van der Waals surface area contributed by atoms with E-state index in [4.69, 9.17) is 0 Å². The van der Waals surface area contributed by atoms with Gasteiger partial charge in [-0.25, -0.2) is 13.4 Å². The van der Waals surface area contributed by atoms with Crippen molar-refractivity contribution >= 4 is 27.5 Å². The predicted molar refractivity (Wildman–Crippen MR) is 94.7 cm³/mol. The first kappa shape index (κ1) is 17.8. The lowest BCUT2D eigenvalue weighted by molar-refractivity contribution is 0.568. The fourth-order valence-electron chi connectivity index (χ4n) is 2.58. The number of hydrogen-bond donors (Lipinski definition) is 1. The van der Waals surface area contributed by atoms with Crippen molar-refractivity contribution in [3.63, 3.8) is 0 Å². The third-order valence-corrected chi connectivity index (χ3v) is 5.21. The lowest BCUT2D eigenvalue weighted by Crippen LogP contribution is -2.31. The average Bonchev–Trinajstić information content (AvgIpc) is 2.53. The monoisotopic (exact) mass is 341 g/mol. The largest absolute Gasteiger partial charge is 0.361 e. The van der Waals surface area contributed by atoms with Crippen molar-refractivity contribution in [1.82, 2.24) is 9.97 Å². The Kier molecular flexibility index (Phi) is 6.04. The van der Waals surface area contributed by atoms with Gasteiger partial charge < -0.3 is 9.80 Å². The molecule has 0 atom stereocenters. The second kappa shape index (κ2) is 7.81. The lowest BCUT2D eigenvalue weighted by atomic mass is 10.1. The molecule has 1 aromatic heterocycles. The van der Waals surface area contributed by atoms with Crippen molar-refractivity contribution in [1.29, 1.82) is 0 Å². The molecule has 1 aliphatic heterocycles. The van der Waals surface area contributed by atoms with E-state index < -0.39 is 10.0 Å². The summed E-state index contributed by atoms with van der Waals surface area (Å²) >= 11 is 0. The number of nitrogens with zero attached hydrogens (tertiary/aromatic N) is 4. The van der Waals surface area contributed by atoms with Gasteiger partial charge in [-0.2, -0.15) is 4.98 Å². The van der Waals surface area contributed by atoms with Gasteiger partial charge in [-0.15, -0.1) is 0 Å². The van der Waals surface area contributed by atoms with E-state index in [2.05, 4.69) is 19.6 Å². The van der Waals surface area contributed by atoms with Gasteiger partial charge in [-0.05, 0) is 25.7 Å². The molecule has 0 amide bonds. The van der Waals surface area contributed by atoms with Gasteiger partial charge in [0.1, 0.15) is 5.69 Å². The van der Waals surface area contributed by atoms with E-state index in [0.717, 1.165) is 32.4 Å². The Morgan fingerprint density at radius 2 is 1.96 bits per heavy atom. The van der Waals surface area contributed by atoms with Crippen LogP contribution in [0.25, 0.3) is 0 Å². The van der Waals surface area contributed by atoms with Crippen LogP contribution in [0.4, 0.5) is 17.5 Å². The highest BCUT2D eigenvalue weighted by molar-refractivity contribution is 7.92. The molecule has 7 nitrogen and oxygen atoms in total. The molecule has 0 radical (unpaired) electrons. The summed E-state index contributed by atoms with van der Waals surface area (Å²) in [4.78, 5) is 12.9. The Bertz CT molecular complexity index is 612. The summed E-state index contributed by atoms with van der Waals surface area (Å²) in [6.07, 6.45) is 6.59. The molecule has 2 rings (SSSR count). The van der Waals surface area contributed by atoms with Crippen molar-refractivity contribution < 1.29 is 8.42 Å². The third-order valence-electron chi connectivity index (χ3n) is 3.85. The van der Waals surface area contributed by atoms with Gasteiger partial charge in [0.25, 0.3) is 0 Å². The van der Waals surface area contributed by atoms with Gasteiger partial charge in [0.15, 0.2) is 5.82 Å². The molecule has 2 heterocycles. The van der Waals surface area contributed by atoms with Crippen LogP contribution < -0.4 is 14.5 Å². The molecule has 0 bridgehead atoms. The zero-order valence-electron chi connectivity index (χ0n) is 14.2. The molecule has 0 spiro atoms. The summed E-state index contributed by atoms with van der Waals surface area (Å²) in [5.74, 6) is 1.38. The molecule has 130 valence electrons. The minimum absolute atomic E-state index is 0.115. The van der Waals surface area contributed by atoms with Gasteiger partial charge in [-0.1, -0.05) is 13.3 Å². The fraction of sp³-hybridized carbons (Fsp3) is 0.733. The van der Waals surface area contributed by atoms with Crippen LogP contribution in [-0.2, 0) is 10.0 Å². The molecule has 1 saturated heterocycles. The number of nitrogens with one attached hydrogen (secondary N) is 1. The maximum Gasteiger partial charge on any atom is 0.232 e. The van der Waals surface area contributed by atoms with Crippen LogP contribution in [0.5, 0.6) is 0 Å². The SMILES string of the molecule is CCCCS(=O)(=O)Nc1cnc(N2CCCCC2)nc1N(C)C. The van der Waals surface area contributed by atoms with Crippen LogP contribution in [0.2, 0.25) is 0 Å². The zero-order chi connectivity index (χ0) is 16.9. The fourth-order valence-corrected chi connectivity index (χ4v) is 3.83. The van der Waals surface area contributed by atoms with Crippen LogP contribution in [-0.4, -0.2) is 51.3 Å². The van der Waals surface area contributed by atoms with Gasteiger partial charge >= 0.3 is 0 Å². The molecule has 0 saturated carbocycles. The van der Waals surface area contributed by atoms with Gasteiger partial charge in [0.2, 0.25) is 16.0 Å². The van der Waals surface area contributed by atoms with Crippen molar-refractivity contribution in [2.24, 2.45) is 0 Å². The Hall–Kier alpha value is -1.57. The Balaban J connectivity index is 2.22. The molecule has 23 heavy (non-hydrogen) atoms. The van der Waals surface area contributed by atoms with Crippen molar-refractivity contribution in [3.05, 3.63) is 6.20 Å². The predicted octanol–water partition coefficient (Wildman–Crippen LogP) is 2.07. The molecular weight excluding hydrogens is 314 g/mol. The quantitative estimate of drug-likeness (QED) is 0.818. The maximum absolute atomic E-state index is 12.1. The number of piperidine rings is 1. The molecule has 8 heteroatoms. The average molecular weight is 341 g/mol. The van der Waals surface area contributed by atoms with E-state index >= 15 is 0 Å². The summed E-state index contributed by atoms with van der Waals surface area (Å²) in [6.45, 7) is 3.88. The zero-order valence-corrected chi connectivity index (χ0v) is 15.1.